The number of benzene rings is 1. The second-order valence-corrected chi connectivity index (χ2v) is 4.88. The van der Waals surface area contributed by atoms with Gasteiger partial charge in [-0.1, -0.05) is 0 Å². The SMILES string of the molecule is Cl.O=C(c1ccc(F)c(Br)c1)N1CCCNCC1. The van der Waals surface area contributed by atoms with Gasteiger partial charge in [-0.2, -0.15) is 0 Å². The van der Waals surface area contributed by atoms with E-state index in [2.05, 4.69) is 21.2 Å². The van der Waals surface area contributed by atoms with Crippen molar-refractivity contribution in [3.8, 4) is 0 Å². The van der Waals surface area contributed by atoms with E-state index in [1.54, 1.807) is 4.90 Å². The summed E-state index contributed by atoms with van der Waals surface area (Å²) in [6.07, 6.45) is 0.952. The van der Waals surface area contributed by atoms with Gasteiger partial charge in [-0.25, -0.2) is 4.39 Å². The molecule has 1 fully saturated rings. The topological polar surface area (TPSA) is 32.3 Å². The van der Waals surface area contributed by atoms with Crippen LogP contribution in [0, 0.1) is 5.82 Å². The summed E-state index contributed by atoms with van der Waals surface area (Å²) in [6, 6.07) is 4.38. The van der Waals surface area contributed by atoms with Crippen molar-refractivity contribution < 1.29 is 9.18 Å². The Morgan fingerprint density at radius 2 is 2.11 bits per heavy atom. The molecule has 18 heavy (non-hydrogen) atoms. The lowest BCUT2D eigenvalue weighted by molar-refractivity contribution is 0.0766. The van der Waals surface area contributed by atoms with Gasteiger partial charge in [0.25, 0.3) is 5.91 Å². The number of nitrogens with one attached hydrogen (secondary N) is 1. The van der Waals surface area contributed by atoms with E-state index < -0.39 is 0 Å². The van der Waals surface area contributed by atoms with E-state index in [0.717, 1.165) is 26.1 Å². The largest absolute Gasteiger partial charge is 0.337 e. The monoisotopic (exact) mass is 336 g/mol. The molecular weight excluding hydrogens is 323 g/mol. The fourth-order valence-corrected chi connectivity index (χ4v) is 2.24. The molecule has 100 valence electrons. The summed E-state index contributed by atoms with van der Waals surface area (Å²) in [5, 5.41) is 3.24. The maximum Gasteiger partial charge on any atom is 0.253 e. The van der Waals surface area contributed by atoms with Crippen LogP contribution in [0.3, 0.4) is 0 Å². The molecular formula is C12H15BrClFN2O. The molecule has 0 aromatic heterocycles. The Bertz CT molecular complexity index is 423. The van der Waals surface area contributed by atoms with Gasteiger partial charge in [-0.05, 0) is 47.1 Å². The number of carbonyl (C=O) groups is 1. The summed E-state index contributed by atoms with van der Waals surface area (Å²) in [5.74, 6) is -0.381. The van der Waals surface area contributed by atoms with Crippen molar-refractivity contribution in [2.75, 3.05) is 26.2 Å². The predicted molar refractivity (Wildman–Crippen MR) is 74.7 cm³/mol. The molecule has 1 amide bonds. The maximum absolute atomic E-state index is 13.1. The van der Waals surface area contributed by atoms with Crippen molar-refractivity contribution in [1.82, 2.24) is 10.2 Å². The standard InChI is InChI=1S/C12H14BrFN2O.ClH/c13-10-8-9(2-3-11(10)14)12(17)16-6-1-4-15-5-7-16;/h2-3,8,15H,1,4-7H2;1H. The van der Waals surface area contributed by atoms with Crippen molar-refractivity contribution in [1.29, 1.82) is 0 Å². The van der Waals surface area contributed by atoms with Crippen LogP contribution in [-0.2, 0) is 0 Å². The fourth-order valence-electron chi connectivity index (χ4n) is 1.86. The molecule has 0 aliphatic carbocycles. The summed E-state index contributed by atoms with van der Waals surface area (Å²) in [4.78, 5) is 14.0. The van der Waals surface area contributed by atoms with Gasteiger partial charge in [0, 0.05) is 25.2 Å². The first-order valence-corrected chi connectivity index (χ1v) is 6.43. The number of hydrogen-bond acceptors (Lipinski definition) is 2. The summed E-state index contributed by atoms with van der Waals surface area (Å²) >= 11 is 3.10. The predicted octanol–water partition coefficient (Wildman–Crippen LogP) is 2.45. The van der Waals surface area contributed by atoms with E-state index in [1.165, 1.54) is 18.2 Å². The third kappa shape index (κ3) is 3.67. The van der Waals surface area contributed by atoms with E-state index in [9.17, 15) is 9.18 Å². The first-order chi connectivity index (χ1) is 8.18. The Hall–Kier alpha value is -0.650. The van der Waals surface area contributed by atoms with Gasteiger partial charge >= 0.3 is 0 Å². The zero-order valence-corrected chi connectivity index (χ0v) is 12.2. The molecule has 1 saturated heterocycles. The number of nitrogens with zero attached hydrogens (tertiary/aromatic N) is 1. The molecule has 0 bridgehead atoms. The first kappa shape index (κ1) is 15.4. The molecule has 1 N–H and O–H groups in total. The second kappa shape index (κ2) is 7.07. The summed E-state index contributed by atoms with van der Waals surface area (Å²) in [6.45, 7) is 3.21. The quantitative estimate of drug-likeness (QED) is 0.854. The maximum atomic E-state index is 13.1. The molecule has 0 spiro atoms. The lowest BCUT2D eigenvalue weighted by Crippen LogP contribution is -2.34. The van der Waals surface area contributed by atoms with Crippen LogP contribution < -0.4 is 5.32 Å². The zero-order chi connectivity index (χ0) is 12.3. The van der Waals surface area contributed by atoms with Crippen molar-refractivity contribution in [2.24, 2.45) is 0 Å². The average molecular weight is 338 g/mol. The van der Waals surface area contributed by atoms with E-state index in [0.29, 0.717) is 16.6 Å². The first-order valence-electron chi connectivity index (χ1n) is 5.63. The van der Waals surface area contributed by atoms with Crippen LogP contribution in [0.25, 0.3) is 0 Å². The van der Waals surface area contributed by atoms with Crippen LogP contribution in [-0.4, -0.2) is 37.0 Å². The number of carbonyl (C=O) groups excluding carboxylic acids is 1. The van der Waals surface area contributed by atoms with E-state index in [1.807, 2.05) is 0 Å². The third-order valence-electron chi connectivity index (χ3n) is 2.79. The van der Waals surface area contributed by atoms with E-state index in [4.69, 9.17) is 0 Å². The van der Waals surface area contributed by atoms with Crippen LogP contribution >= 0.6 is 28.3 Å². The molecule has 1 aromatic rings. The van der Waals surface area contributed by atoms with Gasteiger partial charge in [-0.3, -0.25) is 4.79 Å². The van der Waals surface area contributed by atoms with Crippen molar-refractivity contribution in [2.45, 2.75) is 6.42 Å². The lowest BCUT2D eigenvalue weighted by atomic mass is 10.2. The molecule has 0 atom stereocenters. The minimum Gasteiger partial charge on any atom is -0.337 e. The van der Waals surface area contributed by atoms with Crippen LogP contribution in [0.2, 0.25) is 0 Å². The van der Waals surface area contributed by atoms with E-state index >= 15 is 0 Å². The summed E-state index contributed by atoms with van der Waals surface area (Å²) < 4.78 is 13.4. The fraction of sp³-hybridized carbons (Fsp3) is 0.417. The molecule has 2 rings (SSSR count). The molecule has 6 heteroatoms. The number of hydrogen-bond donors (Lipinski definition) is 1. The van der Waals surface area contributed by atoms with Gasteiger partial charge in [0.2, 0.25) is 0 Å². The van der Waals surface area contributed by atoms with Crippen LogP contribution in [0.15, 0.2) is 22.7 Å². The Morgan fingerprint density at radius 3 is 2.83 bits per heavy atom. The van der Waals surface area contributed by atoms with E-state index in [-0.39, 0.29) is 24.1 Å². The lowest BCUT2D eigenvalue weighted by Gasteiger charge is -2.20. The van der Waals surface area contributed by atoms with Crippen LogP contribution in [0.1, 0.15) is 16.8 Å². The van der Waals surface area contributed by atoms with Gasteiger partial charge < -0.3 is 10.2 Å². The number of halogens is 3. The van der Waals surface area contributed by atoms with Crippen molar-refractivity contribution >= 4 is 34.2 Å². The molecule has 0 radical (unpaired) electrons. The van der Waals surface area contributed by atoms with Gasteiger partial charge in [0.1, 0.15) is 5.82 Å². The Balaban J connectivity index is 0.00000162. The van der Waals surface area contributed by atoms with Crippen LogP contribution in [0.4, 0.5) is 4.39 Å². The molecule has 0 unspecified atom stereocenters. The molecule has 1 aliphatic heterocycles. The highest BCUT2D eigenvalue weighted by Crippen LogP contribution is 2.18. The normalized spacial score (nSPS) is 15.8. The highest BCUT2D eigenvalue weighted by atomic mass is 79.9. The third-order valence-corrected chi connectivity index (χ3v) is 3.40. The Morgan fingerprint density at radius 1 is 1.33 bits per heavy atom. The minimum atomic E-state index is -0.348. The highest BCUT2D eigenvalue weighted by molar-refractivity contribution is 9.10. The van der Waals surface area contributed by atoms with Crippen molar-refractivity contribution in [3.63, 3.8) is 0 Å². The highest BCUT2D eigenvalue weighted by Gasteiger charge is 2.17. The second-order valence-electron chi connectivity index (χ2n) is 4.02. The van der Waals surface area contributed by atoms with Gasteiger partial charge in [-0.15, -0.1) is 12.4 Å². The Kier molecular flexibility index (Phi) is 6.05. The minimum absolute atomic E-state index is 0. The van der Waals surface area contributed by atoms with Crippen molar-refractivity contribution in [3.05, 3.63) is 34.1 Å². The summed E-state index contributed by atoms with van der Waals surface area (Å²) in [7, 11) is 0. The molecule has 1 aromatic carbocycles. The Labute approximate surface area is 120 Å². The average Bonchev–Trinajstić information content (AvgIpc) is 2.60. The zero-order valence-electron chi connectivity index (χ0n) is 9.79. The molecule has 0 saturated carbocycles. The molecule has 3 nitrogen and oxygen atoms in total. The van der Waals surface area contributed by atoms with Gasteiger partial charge in [0.15, 0.2) is 0 Å². The smallest absolute Gasteiger partial charge is 0.253 e. The van der Waals surface area contributed by atoms with Gasteiger partial charge in [0.05, 0.1) is 4.47 Å². The molecule has 1 aliphatic rings. The number of amides is 1. The summed E-state index contributed by atoms with van der Waals surface area (Å²) in [5.41, 5.74) is 0.528. The molecule has 1 heterocycles. The number of rotatable bonds is 1. The van der Waals surface area contributed by atoms with Crippen LogP contribution in [0.5, 0.6) is 0 Å².